The van der Waals surface area contributed by atoms with E-state index in [0.29, 0.717) is 61.4 Å². The van der Waals surface area contributed by atoms with E-state index in [0.717, 1.165) is 5.56 Å². The molecule has 0 fully saturated rings. The van der Waals surface area contributed by atoms with E-state index in [9.17, 15) is 14.4 Å². The van der Waals surface area contributed by atoms with Gasteiger partial charge < -0.3 is 14.1 Å². The molecule has 5 rings (SSSR count). The number of carbonyl (C=O) groups is 2. The number of aromatic nitrogens is 1. The van der Waals surface area contributed by atoms with E-state index >= 15 is 0 Å². The van der Waals surface area contributed by atoms with E-state index in [-0.39, 0.29) is 11.5 Å². The minimum atomic E-state index is -0.669. The highest BCUT2D eigenvalue weighted by atomic mass is 35.5. The van der Waals surface area contributed by atoms with Crippen molar-refractivity contribution in [2.45, 2.75) is 26.8 Å². The molecule has 0 N–H and O–H groups in total. The molecule has 41 heavy (non-hydrogen) atoms. The Bertz CT molecular complexity index is 1840. The zero-order valence-electron chi connectivity index (χ0n) is 23.0. The minimum absolute atomic E-state index is 0.162. The number of thiazole rings is 1. The van der Waals surface area contributed by atoms with Crippen LogP contribution in [0.4, 0.5) is 0 Å². The van der Waals surface area contributed by atoms with Crippen LogP contribution in [0.15, 0.2) is 86.1 Å². The number of rotatable bonds is 7. The summed E-state index contributed by atoms with van der Waals surface area (Å²) < 4.78 is 12.9. The van der Waals surface area contributed by atoms with Gasteiger partial charge in [-0.25, -0.2) is 9.79 Å². The second-order valence-electron chi connectivity index (χ2n) is 9.35. The molecule has 2 aromatic heterocycles. The van der Waals surface area contributed by atoms with Crippen molar-refractivity contribution in [3.63, 3.8) is 0 Å². The first-order valence-corrected chi connectivity index (χ1v) is 14.3. The number of halogens is 1. The lowest BCUT2D eigenvalue weighted by molar-refractivity contribution is -0.127. The monoisotopic (exact) mass is 589 g/mol. The molecule has 10 heteroatoms. The Morgan fingerprint density at radius 2 is 1.80 bits per heavy atom. The van der Waals surface area contributed by atoms with Gasteiger partial charge in [0, 0.05) is 29.8 Å². The Kier molecular flexibility index (Phi) is 8.10. The van der Waals surface area contributed by atoms with Crippen LogP contribution in [0.5, 0.6) is 0 Å². The van der Waals surface area contributed by atoms with Crippen LogP contribution in [0.1, 0.15) is 48.5 Å². The molecular formula is C31H28ClN3O5S. The van der Waals surface area contributed by atoms with Gasteiger partial charge in [0.25, 0.3) is 11.5 Å². The normalized spacial score (nSPS) is 15.0. The number of likely N-dealkylation sites (N-methyl/N-ethyl adjacent to an activating group) is 1. The van der Waals surface area contributed by atoms with Crippen molar-refractivity contribution < 1.29 is 18.7 Å². The summed E-state index contributed by atoms with van der Waals surface area (Å²) in [7, 11) is 1.33. The van der Waals surface area contributed by atoms with Crippen LogP contribution in [0.25, 0.3) is 17.4 Å². The Balaban J connectivity index is 1.63. The molecule has 1 aliphatic rings. The van der Waals surface area contributed by atoms with E-state index in [2.05, 4.69) is 0 Å². The molecule has 8 nitrogen and oxygen atoms in total. The number of amides is 1. The SMILES string of the molecule is CCN(CC)C(=O)C1=C(C)N=c2s/c(=C\c3ccc(-c4ccccc4C(=O)OC)o3)c(=O)n2[C@@H]1c1ccc(Cl)cc1. The van der Waals surface area contributed by atoms with Gasteiger partial charge in [0.05, 0.1) is 34.5 Å². The molecule has 3 heterocycles. The zero-order chi connectivity index (χ0) is 29.3. The van der Waals surface area contributed by atoms with Crippen molar-refractivity contribution in [1.29, 1.82) is 0 Å². The van der Waals surface area contributed by atoms with Gasteiger partial charge >= 0.3 is 5.97 Å². The molecule has 0 spiro atoms. The Labute approximate surface area is 245 Å². The molecule has 210 valence electrons. The molecule has 1 atom stereocenters. The summed E-state index contributed by atoms with van der Waals surface area (Å²) in [4.78, 5) is 46.8. The predicted molar refractivity (Wildman–Crippen MR) is 159 cm³/mol. The van der Waals surface area contributed by atoms with Gasteiger partial charge in [-0.2, -0.15) is 0 Å². The van der Waals surface area contributed by atoms with Crippen LogP contribution in [0.3, 0.4) is 0 Å². The molecule has 0 bridgehead atoms. The number of ether oxygens (including phenoxy) is 1. The fraction of sp³-hybridized carbons (Fsp3) is 0.226. The number of nitrogens with zero attached hydrogens (tertiary/aromatic N) is 3. The third kappa shape index (κ3) is 5.30. The molecule has 0 saturated heterocycles. The number of hydrogen-bond donors (Lipinski definition) is 0. The lowest BCUT2D eigenvalue weighted by Crippen LogP contribution is -2.43. The van der Waals surface area contributed by atoms with E-state index in [1.165, 1.54) is 18.4 Å². The maximum atomic E-state index is 13.9. The molecule has 1 aliphatic heterocycles. The van der Waals surface area contributed by atoms with E-state index < -0.39 is 12.0 Å². The fourth-order valence-electron chi connectivity index (χ4n) is 4.93. The molecule has 0 aliphatic carbocycles. The van der Waals surface area contributed by atoms with Gasteiger partial charge in [0.15, 0.2) is 4.80 Å². The van der Waals surface area contributed by atoms with Crippen molar-refractivity contribution in [2.24, 2.45) is 4.99 Å². The number of allylic oxidation sites excluding steroid dienone is 1. The largest absolute Gasteiger partial charge is 0.465 e. The van der Waals surface area contributed by atoms with Gasteiger partial charge in [-0.1, -0.05) is 53.3 Å². The van der Waals surface area contributed by atoms with Crippen molar-refractivity contribution in [1.82, 2.24) is 9.47 Å². The van der Waals surface area contributed by atoms with Crippen molar-refractivity contribution >= 4 is 40.9 Å². The molecule has 1 amide bonds. The average Bonchev–Trinajstić information content (AvgIpc) is 3.57. The first-order chi connectivity index (χ1) is 19.8. The molecular weight excluding hydrogens is 562 g/mol. The van der Waals surface area contributed by atoms with E-state index in [1.54, 1.807) is 71.0 Å². The molecule has 0 saturated carbocycles. The van der Waals surface area contributed by atoms with Crippen LogP contribution >= 0.6 is 22.9 Å². The number of benzene rings is 2. The van der Waals surface area contributed by atoms with Gasteiger partial charge in [0.2, 0.25) is 0 Å². The molecule has 0 unspecified atom stereocenters. The van der Waals surface area contributed by atoms with Gasteiger partial charge in [-0.3, -0.25) is 14.2 Å². The highest BCUT2D eigenvalue weighted by Crippen LogP contribution is 2.32. The number of furan rings is 1. The van der Waals surface area contributed by atoms with Gasteiger partial charge in [-0.05, 0) is 56.7 Å². The minimum Gasteiger partial charge on any atom is -0.465 e. The lowest BCUT2D eigenvalue weighted by Gasteiger charge is -2.29. The average molecular weight is 590 g/mol. The first-order valence-electron chi connectivity index (χ1n) is 13.1. The van der Waals surface area contributed by atoms with Crippen LogP contribution < -0.4 is 14.9 Å². The van der Waals surface area contributed by atoms with Crippen molar-refractivity contribution in [3.8, 4) is 11.3 Å². The van der Waals surface area contributed by atoms with Crippen LogP contribution in [-0.4, -0.2) is 41.5 Å². The number of fused-ring (bicyclic) bond motifs is 1. The number of methoxy groups -OCH3 is 1. The summed E-state index contributed by atoms with van der Waals surface area (Å²) in [6.07, 6.45) is 1.65. The predicted octanol–water partition coefficient (Wildman–Crippen LogP) is 4.80. The fourth-order valence-corrected chi connectivity index (χ4v) is 6.08. The Hall–Kier alpha value is -4.21. The quantitative estimate of drug-likeness (QED) is 0.289. The van der Waals surface area contributed by atoms with Gasteiger partial charge in [0.1, 0.15) is 11.5 Å². The summed E-state index contributed by atoms with van der Waals surface area (Å²) in [5, 5.41) is 0.556. The highest BCUT2D eigenvalue weighted by molar-refractivity contribution is 7.07. The van der Waals surface area contributed by atoms with Gasteiger partial charge in [-0.15, -0.1) is 0 Å². The number of esters is 1. The maximum absolute atomic E-state index is 13.9. The lowest BCUT2D eigenvalue weighted by atomic mass is 9.94. The van der Waals surface area contributed by atoms with Crippen LogP contribution in [0.2, 0.25) is 5.02 Å². The van der Waals surface area contributed by atoms with Crippen LogP contribution in [-0.2, 0) is 9.53 Å². The van der Waals surface area contributed by atoms with E-state index in [4.69, 9.17) is 25.7 Å². The molecule has 0 radical (unpaired) electrons. The summed E-state index contributed by atoms with van der Waals surface area (Å²) in [5.41, 5.74) is 2.44. The maximum Gasteiger partial charge on any atom is 0.338 e. The van der Waals surface area contributed by atoms with Crippen molar-refractivity contribution in [2.75, 3.05) is 20.2 Å². The van der Waals surface area contributed by atoms with Crippen LogP contribution in [0, 0.1) is 0 Å². The summed E-state index contributed by atoms with van der Waals surface area (Å²) in [6.45, 7) is 6.71. The number of hydrogen-bond acceptors (Lipinski definition) is 7. The standard InChI is InChI=1S/C31H28ClN3O5S/c1-5-34(6-2)29(37)26-18(3)33-31-35(27(26)19-11-13-20(32)14-12-19)28(36)25(41-31)17-21-15-16-24(40-21)22-9-7-8-10-23(22)30(38)39-4/h7-17,27H,5-6H2,1-4H3/b25-17-/t27-/m1/s1. The topological polar surface area (TPSA) is 94.1 Å². The smallest absolute Gasteiger partial charge is 0.338 e. The third-order valence-electron chi connectivity index (χ3n) is 6.99. The molecule has 4 aromatic rings. The Morgan fingerprint density at radius 1 is 1.10 bits per heavy atom. The van der Waals surface area contributed by atoms with Crippen molar-refractivity contribution in [3.05, 3.63) is 114 Å². The summed E-state index contributed by atoms with van der Waals surface area (Å²) >= 11 is 7.39. The van der Waals surface area contributed by atoms with E-state index in [1.807, 2.05) is 26.0 Å². The summed E-state index contributed by atoms with van der Waals surface area (Å²) in [6, 6.07) is 17.0. The highest BCUT2D eigenvalue weighted by Gasteiger charge is 2.34. The molecule has 2 aromatic carbocycles. The number of carbonyl (C=O) groups excluding carboxylic acids is 2. The third-order valence-corrected chi connectivity index (χ3v) is 8.22. The Morgan fingerprint density at radius 3 is 2.49 bits per heavy atom. The zero-order valence-corrected chi connectivity index (χ0v) is 24.6. The second-order valence-corrected chi connectivity index (χ2v) is 10.8. The second kappa shape index (κ2) is 11.7. The summed E-state index contributed by atoms with van der Waals surface area (Å²) in [5.74, 6) is 0.264. The first kappa shape index (κ1) is 28.3.